The SMILES string of the molecule is C[C@@]12CCC[C@H]1[C@@H]1CCC3=CC(=O)CC[C@]3(O)[C@H]1CC2. The van der Waals surface area contributed by atoms with Gasteiger partial charge in [-0.2, -0.15) is 0 Å². The average Bonchev–Trinajstić information content (AvgIpc) is 2.81. The molecule has 4 aliphatic rings. The van der Waals surface area contributed by atoms with Gasteiger partial charge >= 0.3 is 0 Å². The number of aliphatic hydroxyl groups is 1. The largest absolute Gasteiger partial charge is 0.385 e. The van der Waals surface area contributed by atoms with Crippen molar-refractivity contribution >= 4 is 5.78 Å². The quantitative estimate of drug-likeness (QED) is 0.732. The monoisotopic (exact) mass is 274 g/mol. The Morgan fingerprint density at radius 1 is 1.10 bits per heavy atom. The van der Waals surface area contributed by atoms with E-state index in [0.29, 0.717) is 30.1 Å². The van der Waals surface area contributed by atoms with E-state index in [2.05, 4.69) is 6.92 Å². The fourth-order valence-electron chi connectivity index (χ4n) is 6.18. The van der Waals surface area contributed by atoms with Gasteiger partial charge in [-0.3, -0.25) is 4.79 Å². The standard InChI is InChI=1S/C18H26O2/c1-17-8-2-3-15(17)14-5-4-12-11-13(19)6-10-18(12,20)16(14)7-9-17/h11,14-16,20H,2-10H2,1H3/t14-,15-,16-,17-,18+/m0/s1. The van der Waals surface area contributed by atoms with Crippen molar-refractivity contribution in [2.75, 3.05) is 0 Å². The van der Waals surface area contributed by atoms with Gasteiger partial charge < -0.3 is 5.11 Å². The fraction of sp³-hybridized carbons (Fsp3) is 0.833. The summed E-state index contributed by atoms with van der Waals surface area (Å²) >= 11 is 0. The lowest BCUT2D eigenvalue weighted by Gasteiger charge is -2.56. The fourth-order valence-corrected chi connectivity index (χ4v) is 6.18. The van der Waals surface area contributed by atoms with Crippen molar-refractivity contribution in [2.24, 2.45) is 23.2 Å². The Kier molecular flexibility index (Phi) is 2.74. The molecule has 3 saturated carbocycles. The van der Waals surface area contributed by atoms with Gasteiger partial charge in [0.15, 0.2) is 5.78 Å². The third kappa shape index (κ3) is 1.63. The highest BCUT2D eigenvalue weighted by Gasteiger charge is 2.57. The van der Waals surface area contributed by atoms with Crippen LogP contribution in [0.5, 0.6) is 0 Å². The van der Waals surface area contributed by atoms with Gasteiger partial charge in [0.05, 0.1) is 5.60 Å². The van der Waals surface area contributed by atoms with E-state index in [-0.39, 0.29) is 5.78 Å². The van der Waals surface area contributed by atoms with Gasteiger partial charge in [-0.25, -0.2) is 0 Å². The average molecular weight is 274 g/mol. The van der Waals surface area contributed by atoms with Crippen LogP contribution in [-0.2, 0) is 4.79 Å². The van der Waals surface area contributed by atoms with Crippen LogP contribution in [0, 0.1) is 23.2 Å². The Morgan fingerprint density at radius 3 is 2.80 bits per heavy atom. The Hall–Kier alpha value is -0.630. The number of hydrogen-bond donors (Lipinski definition) is 1. The molecule has 0 aromatic carbocycles. The first-order valence-corrected chi connectivity index (χ1v) is 8.49. The summed E-state index contributed by atoms with van der Waals surface area (Å²) in [5.74, 6) is 2.17. The van der Waals surface area contributed by atoms with Gasteiger partial charge in [-0.05, 0) is 79.8 Å². The van der Waals surface area contributed by atoms with Crippen molar-refractivity contribution in [2.45, 2.75) is 70.3 Å². The molecule has 0 spiro atoms. The summed E-state index contributed by atoms with van der Waals surface area (Å²) in [4.78, 5) is 11.7. The van der Waals surface area contributed by atoms with Crippen molar-refractivity contribution < 1.29 is 9.90 Å². The van der Waals surface area contributed by atoms with E-state index < -0.39 is 5.60 Å². The van der Waals surface area contributed by atoms with Crippen LogP contribution in [0.4, 0.5) is 0 Å². The van der Waals surface area contributed by atoms with Crippen LogP contribution in [0.25, 0.3) is 0 Å². The summed E-state index contributed by atoms with van der Waals surface area (Å²) in [7, 11) is 0. The zero-order chi connectivity index (χ0) is 14.0. The highest BCUT2D eigenvalue weighted by atomic mass is 16.3. The van der Waals surface area contributed by atoms with Crippen molar-refractivity contribution in [3.05, 3.63) is 11.6 Å². The number of carbonyl (C=O) groups is 1. The lowest BCUT2D eigenvalue weighted by atomic mass is 9.51. The van der Waals surface area contributed by atoms with Gasteiger partial charge in [0, 0.05) is 6.42 Å². The lowest BCUT2D eigenvalue weighted by molar-refractivity contribution is -0.124. The van der Waals surface area contributed by atoms with Crippen molar-refractivity contribution in [1.82, 2.24) is 0 Å². The third-order valence-electron chi connectivity index (χ3n) is 7.22. The Balaban J connectivity index is 1.69. The maximum absolute atomic E-state index is 11.7. The second-order valence-electron chi connectivity index (χ2n) is 8.06. The summed E-state index contributed by atoms with van der Waals surface area (Å²) in [6.45, 7) is 2.49. The number of hydrogen-bond acceptors (Lipinski definition) is 2. The molecule has 0 heterocycles. The Bertz CT molecular complexity index is 480. The van der Waals surface area contributed by atoms with Crippen LogP contribution in [0.1, 0.15) is 64.7 Å². The highest BCUT2D eigenvalue weighted by Crippen LogP contribution is 2.62. The minimum Gasteiger partial charge on any atom is -0.385 e. The molecule has 1 N–H and O–H groups in total. The first kappa shape index (κ1) is 13.1. The number of rotatable bonds is 0. The minimum atomic E-state index is -0.638. The van der Waals surface area contributed by atoms with Gasteiger partial charge in [0.1, 0.15) is 0 Å². The van der Waals surface area contributed by atoms with Gasteiger partial charge in [-0.15, -0.1) is 0 Å². The van der Waals surface area contributed by atoms with Crippen LogP contribution in [-0.4, -0.2) is 16.5 Å². The molecule has 4 rings (SSSR count). The molecule has 0 aliphatic heterocycles. The molecule has 0 bridgehead atoms. The first-order chi connectivity index (χ1) is 9.53. The van der Waals surface area contributed by atoms with Crippen molar-refractivity contribution in [3.63, 3.8) is 0 Å². The summed E-state index contributed by atoms with van der Waals surface area (Å²) in [6, 6.07) is 0. The first-order valence-electron chi connectivity index (χ1n) is 8.49. The van der Waals surface area contributed by atoms with Crippen molar-refractivity contribution in [1.29, 1.82) is 0 Å². The van der Waals surface area contributed by atoms with E-state index in [1.807, 2.05) is 0 Å². The lowest BCUT2D eigenvalue weighted by Crippen LogP contribution is -2.54. The molecule has 2 nitrogen and oxygen atoms in total. The zero-order valence-corrected chi connectivity index (χ0v) is 12.5. The van der Waals surface area contributed by atoms with E-state index in [1.165, 1.54) is 38.5 Å². The molecule has 5 atom stereocenters. The summed E-state index contributed by atoms with van der Waals surface area (Å²) < 4.78 is 0. The second kappa shape index (κ2) is 4.19. The van der Waals surface area contributed by atoms with Crippen LogP contribution in [0.15, 0.2) is 11.6 Å². The molecule has 0 radical (unpaired) electrons. The zero-order valence-electron chi connectivity index (χ0n) is 12.5. The maximum atomic E-state index is 11.7. The van der Waals surface area contributed by atoms with Gasteiger partial charge in [0.25, 0.3) is 0 Å². The topological polar surface area (TPSA) is 37.3 Å². The van der Waals surface area contributed by atoms with Gasteiger partial charge in [0.2, 0.25) is 0 Å². The third-order valence-corrected chi connectivity index (χ3v) is 7.22. The Morgan fingerprint density at radius 2 is 1.95 bits per heavy atom. The van der Waals surface area contributed by atoms with Crippen LogP contribution in [0.2, 0.25) is 0 Å². The Labute approximate surface area is 121 Å². The van der Waals surface area contributed by atoms with E-state index in [1.54, 1.807) is 6.08 Å². The van der Waals surface area contributed by atoms with Gasteiger partial charge in [-0.1, -0.05) is 13.3 Å². The predicted octanol–water partition coefficient (Wildman–Crippen LogP) is 3.63. The molecule has 2 heteroatoms. The van der Waals surface area contributed by atoms with E-state index in [0.717, 1.165) is 17.9 Å². The van der Waals surface area contributed by atoms with E-state index in [4.69, 9.17) is 0 Å². The number of ketones is 1. The highest BCUT2D eigenvalue weighted by molar-refractivity contribution is 5.92. The van der Waals surface area contributed by atoms with Crippen LogP contribution >= 0.6 is 0 Å². The second-order valence-corrected chi connectivity index (χ2v) is 8.06. The molecular weight excluding hydrogens is 248 g/mol. The molecule has 0 unspecified atom stereocenters. The molecule has 0 aromatic heterocycles. The smallest absolute Gasteiger partial charge is 0.155 e. The normalized spacial score (nSPS) is 51.0. The predicted molar refractivity (Wildman–Crippen MR) is 78.2 cm³/mol. The number of fused-ring (bicyclic) bond motifs is 5. The summed E-state index contributed by atoms with van der Waals surface area (Å²) in [5.41, 5.74) is 0.973. The molecular formula is C18H26O2. The molecule has 0 amide bonds. The molecule has 0 aromatic rings. The molecule has 4 aliphatic carbocycles. The van der Waals surface area contributed by atoms with Crippen LogP contribution in [0.3, 0.4) is 0 Å². The molecule has 20 heavy (non-hydrogen) atoms. The molecule has 0 saturated heterocycles. The minimum absolute atomic E-state index is 0.227. The maximum Gasteiger partial charge on any atom is 0.155 e. The van der Waals surface area contributed by atoms with E-state index in [9.17, 15) is 9.90 Å². The summed E-state index contributed by atoms with van der Waals surface area (Å²) in [5, 5.41) is 11.3. The molecule has 3 fully saturated rings. The van der Waals surface area contributed by atoms with Crippen molar-refractivity contribution in [3.8, 4) is 0 Å². The molecule has 110 valence electrons. The number of carbonyl (C=O) groups excluding carboxylic acids is 1. The van der Waals surface area contributed by atoms with E-state index >= 15 is 0 Å². The van der Waals surface area contributed by atoms with Crippen LogP contribution < -0.4 is 0 Å². The summed E-state index contributed by atoms with van der Waals surface area (Å²) in [6.07, 6.45) is 11.7.